The maximum absolute atomic E-state index is 6.07. The quantitative estimate of drug-likeness (QED) is 0.356. The highest BCUT2D eigenvalue weighted by molar-refractivity contribution is 7.98. The van der Waals surface area contributed by atoms with Crippen molar-refractivity contribution in [3.63, 3.8) is 0 Å². The third kappa shape index (κ3) is 3.69. The van der Waals surface area contributed by atoms with E-state index in [4.69, 9.17) is 11.6 Å². The van der Waals surface area contributed by atoms with Crippen LogP contribution in [0.1, 0.15) is 11.3 Å². The Labute approximate surface area is 182 Å². The molecule has 0 aliphatic rings. The fourth-order valence-corrected chi connectivity index (χ4v) is 4.13. The maximum atomic E-state index is 6.07. The molecule has 0 saturated heterocycles. The number of rotatable bonds is 5. The van der Waals surface area contributed by atoms with E-state index in [2.05, 4.69) is 55.9 Å². The second-order valence-electron chi connectivity index (χ2n) is 6.83. The van der Waals surface area contributed by atoms with E-state index >= 15 is 0 Å². The van der Waals surface area contributed by atoms with Crippen molar-refractivity contribution in [3.05, 3.63) is 89.5 Å². The van der Waals surface area contributed by atoms with E-state index in [-0.39, 0.29) is 0 Å². The van der Waals surface area contributed by atoms with Gasteiger partial charge in [0.2, 0.25) is 5.78 Å². The number of imidazole rings is 1. The molecule has 8 heteroatoms. The van der Waals surface area contributed by atoms with E-state index in [1.165, 1.54) is 5.56 Å². The zero-order valence-electron chi connectivity index (χ0n) is 16.1. The third-order valence-electron chi connectivity index (χ3n) is 4.66. The number of hydrogen-bond donors (Lipinski definition) is 0. The normalized spacial score (nSPS) is 11.3. The summed E-state index contributed by atoms with van der Waals surface area (Å²) in [6, 6.07) is 17.9. The standard InChI is InChI=1S/C22H17ClN6S/c1-15-3-9-19(10-4-15)29-20(16-5-7-17(23)8-6-16)26-27-22(29)30-14-18-13-28-12-2-11-24-21(28)25-18/h2-13H,14H2,1H3. The summed E-state index contributed by atoms with van der Waals surface area (Å²) in [5.41, 5.74) is 4.10. The van der Waals surface area contributed by atoms with E-state index < -0.39 is 0 Å². The fourth-order valence-electron chi connectivity index (χ4n) is 3.16. The molecule has 0 saturated carbocycles. The highest BCUT2D eigenvalue weighted by Gasteiger charge is 2.17. The van der Waals surface area contributed by atoms with Gasteiger partial charge in [-0.2, -0.15) is 0 Å². The number of aromatic nitrogens is 6. The molecule has 3 heterocycles. The SMILES string of the molecule is Cc1ccc(-n2c(SCc3cn4cccnc4n3)nnc2-c2ccc(Cl)cc2)cc1. The zero-order chi connectivity index (χ0) is 20.5. The van der Waals surface area contributed by atoms with E-state index in [1.54, 1.807) is 18.0 Å². The van der Waals surface area contributed by atoms with Crippen LogP contribution in [0.5, 0.6) is 0 Å². The van der Waals surface area contributed by atoms with Crippen molar-refractivity contribution in [2.75, 3.05) is 0 Å². The number of fused-ring (bicyclic) bond motifs is 1. The van der Waals surface area contributed by atoms with Gasteiger partial charge in [-0.25, -0.2) is 9.97 Å². The maximum Gasteiger partial charge on any atom is 0.233 e. The first-order chi connectivity index (χ1) is 14.7. The van der Waals surface area contributed by atoms with Crippen molar-refractivity contribution < 1.29 is 0 Å². The molecule has 0 aliphatic carbocycles. The Kier molecular flexibility index (Phi) is 4.98. The van der Waals surface area contributed by atoms with Crippen LogP contribution >= 0.6 is 23.4 Å². The van der Waals surface area contributed by atoms with Crippen LogP contribution in [0.2, 0.25) is 5.02 Å². The van der Waals surface area contributed by atoms with Gasteiger partial charge < -0.3 is 0 Å². The number of nitrogens with zero attached hydrogens (tertiary/aromatic N) is 6. The molecule has 5 rings (SSSR count). The Morgan fingerprint density at radius 1 is 1.00 bits per heavy atom. The van der Waals surface area contributed by atoms with Gasteiger partial charge in [0.05, 0.1) is 5.69 Å². The molecule has 5 aromatic rings. The first kappa shape index (κ1) is 18.8. The van der Waals surface area contributed by atoms with Crippen LogP contribution in [0.25, 0.3) is 22.9 Å². The third-order valence-corrected chi connectivity index (χ3v) is 5.88. The molecule has 6 nitrogen and oxygen atoms in total. The summed E-state index contributed by atoms with van der Waals surface area (Å²) >= 11 is 7.66. The topological polar surface area (TPSA) is 60.9 Å². The van der Waals surface area contributed by atoms with Crippen molar-refractivity contribution in [2.24, 2.45) is 0 Å². The van der Waals surface area contributed by atoms with Crippen molar-refractivity contribution in [2.45, 2.75) is 17.8 Å². The first-order valence-electron chi connectivity index (χ1n) is 9.37. The van der Waals surface area contributed by atoms with Gasteiger partial charge in [0.15, 0.2) is 11.0 Å². The largest absolute Gasteiger partial charge is 0.291 e. The molecule has 0 fully saturated rings. The van der Waals surface area contributed by atoms with Crippen molar-refractivity contribution >= 4 is 29.1 Å². The van der Waals surface area contributed by atoms with Crippen LogP contribution in [0.15, 0.2) is 78.3 Å². The average molecular weight is 433 g/mol. The highest BCUT2D eigenvalue weighted by Crippen LogP contribution is 2.30. The Morgan fingerprint density at radius 2 is 1.80 bits per heavy atom. The van der Waals surface area contributed by atoms with Gasteiger partial charge in [-0.1, -0.05) is 41.1 Å². The monoisotopic (exact) mass is 432 g/mol. The predicted molar refractivity (Wildman–Crippen MR) is 119 cm³/mol. The minimum Gasteiger partial charge on any atom is -0.291 e. The summed E-state index contributed by atoms with van der Waals surface area (Å²) in [6.07, 6.45) is 5.67. The van der Waals surface area contributed by atoms with E-state index in [0.29, 0.717) is 16.6 Å². The second kappa shape index (κ2) is 7.93. The Morgan fingerprint density at radius 3 is 2.57 bits per heavy atom. The van der Waals surface area contributed by atoms with Crippen LogP contribution in [0, 0.1) is 6.92 Å². The minimum absolute atomic E-state index is 0.661. The van der Waals surface area contributed by atoms with Gasteiger partial charge in [0, 0.05) is 40.6 Å². The van der Waals surface area contributed by atoms with E-state index in [9.17, 15) is 0 Å². The van der Waals surface area contributed by atoms with Crippen LogP contribution < -0.4 is 0 Å². The fraction of sp³-hybridized carbons (Fsp3) is 0.0909. The molecule has 0 N–H and O–H groups in total. The lowest BCUT2D eigenvalue weighted by molar-refractivity contribution is 0.885. The van der Waals surface area contributed by atoms with Crippen LogP contribution in [0.4, 0.5) is 0 Å². The summed E-state index contributed by atoms with van der Waals surface area (Å²) in [5, 5.41) is 10.4. The molecule has 0 aliphatic heterocycles. The van der Waals surface area contributed by atoms with Crippen LogP contribution in [-0.4, -0.2) is 29.1 Å². The number of halogens is 1. The van der Waals surface area contributed by atoms with Gasteiger partial charge in [-0.3, -0.25) is 8.97 Å². The van der Waals surface area contributed by atoms with Gasteiger partial charge in [0.1, 0.15) is 0 Å². The molecule has 3 aromatic heterocycles. The van der Waals surface area contributed by atoms with E-state index in [1.807, 2.05) is 47.1 Å². The van der Waals surface area contributed by atoms with Gasteiger partial charge in [-0.15, -0.1) is 10.2 Å². The molecular formula is C22H17ClN6S. The lowest BCUT2D eigenvalue weighted by Crippen LogP contribution is -2.00. The molecule has 0 bridgehead atoms. The van der Waals surface area contributed by atoms with Gasteiger partial charge >= 0.3 is 0 Å². The molecule has 0 amide bonds. The van der Waals surface area contributed by atoms with Crippen molar-refractivity contribution in [1.29, 1.82) is 0 Å². The lowest BCUT2D eigenvalue weighted by atomic mass is 10.2. The number of hydrogen-bond acceptors (Lipinski definition) is 5. The summed E-state index contributed by atoms with van der Waals surface area (Å²) < 4.78 is 3.99. The molecule has 0 unspecified atom stereocenters. The molecule has 0 radical (unpaired) electrons. The molecule has 2 aromatic carbocycles. The minimum atomic E-state index is 0.661. The molecule has 148 valence electrons. The van der Waals surface area contributed by atoms with Gasteiger partial charge in [-0.05, 0) is 49.4 Å². The summed E-state index contributed by atoms with van der Waals surface area (Å²) in [4.78, 5) is 8.86. The predicted octanol–water partition coefficient (Wildman–Crippen LogP) is 5.23. The van der Waals surface area contributed by atoms with Crippen LogP contribution in [-0.2, 0) is 5.75 Å². The zero-order valence-corrected chi connectivity index (χ0v) is 17.7. The number of aryl methyl sites for hydroxylation is 1. The van der Waals surface area contributed by atoms with E-state index in [0.717, 1.165) is 27.9 Å². The number of benzene rings is 2. The van der Waals surface area contributed by atoms with Crippen molar-refractivity contribution in [1.82, 2.24) is 29.1 Å². The van der Waals surface area contributed by atoms with Crippen molar-refractivity contribution in [3.8, 4) is 17.1 Å². The number of thioether (sulfide) groups is 1. The first-order valence-corrected chi connectivity index (χ1v) is 10.7. The summed E-state index contributed by atoms with van der Waals surface area (Å²) in [6.45, 7) is 2.07. The molecule has 30 heavy (non-hydrogen) atoms. The summed E-state index contributed by atoms with van der Waals surface area (Å²) in [5.74, 6) is 2.12. The molecular weight excluding hydrogens is 416 g/mol. The Hall–Kier alpha value is -3.16. The second-order valence-corrected chi connectivity index (χ2v) is 8.21. The lowest BCUT2D eigenvalue weighted by Gasteiger charge is -2.10. The van der Waals surface area contributed by atoms with Gasteiger partial charge in [0.25, 0.3) is 0 Å². The molecule has 0 atom stereocenters. The Balaban J connectivity index is 1.52. The highest BCUT2D eigenvalue weighted by atomic mass is 35.5. The average Bonchev–Trinajstić information content (AvgIpc) is 3.37. The smallest absolute Gasteiger partial charge is 0.233 e. The van der Waals surface area contributed by atoms with Crippen LogP contribution in [0.3, 0.4) is 0 Å². The summed E-state index contributed by atoms with van der Waals surface area (Å²) in [7, 11) is 0. The Bertz CT molecular complexity index is 1270. The molecule has 0 spiro atoms.